The quantitative estimate of drug-likeness (QED) is 0.633. The van der Waals surface area contributed by atoms with Gasteiger partial charge in [0, 0.05) is 11.8 Å². The van der Waals surface area contributed by atoms with Crippen LogP contribution in [0.4, 0.5) is 0 Å². The second-order valence-corrected chi connectivity index (χ2v) is 4.61. The van der Waals surface area contributed by atoms with Gasteiger partial charge >= 0.3 is 0 Å². The predicted molar refractivity (Wildman–Crippen MR) is 74.9 cm³/mol. The van der Waals surface area contributed by atoms with E-state index in [1.54, 1.807) is 0 Å². The molecule has 0 spiro atoms. The molecule has 1 aromatic carbocycles. The highest BCUT2D eigenvalue weighted by molar-refractivity contribution is 6.17. The van der Waals surface area contributed by atoms with Crippen LogP contribution in [0.5, 0.6) is 0 Å². The highest BCUT2D eigenvalue weighted by Gasteiger charge is 2.12. The molecule has 0 atom stereocenters. The number of aromatic nitrogens is 2. The minimum Gasteiger partial charge on any atom is -0.302 e. The number of pyridine rings is 1. The van der Waals surface area contributed by atoms with Crippen LogP contribution in [0, 0.1) is 6.92 Å². The van der Waals surface area contributed by atoms with Gasteiger partial charge < -0.3 is 4.40 Å². The Morgan fingerprint density at radius 2 is 1.94 bits per heavy atom. The fourth-order valence-electron chi connectivity index (χ4n) is 2.15. The van der Waals surface area contributed by atoms with Crippen LogP contribution < -0.4 is 0 Å². The molecule has 0 saturated heterocycles. The summed E-state index contributed by atoms with van der Waals surface area (Å²) in [6, 6.07) is 14.3. The van der Waals surface area contributed by atoms with Crippen molar-refractivity contribution in [2.45, 2.75) is 12.8 Å². The van der Waals surface area contributed by atoms with Gasteiger partial charge in [-0.25, -0.2) is 4.98 Å². The van der Waals surface area contributed by atoms with E-state index in [4.69, 9.17) is 16.6 Å². The third-order valence-electron chi connectivity index (χ3n) is 3.05. The van der Waals surface area contributed by atoms with Crippen LogP contribution in [0.3, 0.4) is 0 Å². The number of benzene rings is 1. The van der Waals surface area contributed by atoms with Gasteiger partial charge in [-0.3, -0.25) is 0 Å². The Labute approximate surface area is 111 Å². The number of hydrogen-bond donors (Lipinski definition) is 0. The lowest BCUT2D eigenvalue weighted by Crippen LogP contribution is -1.91. The van der Waals surface area contributed by atoms with Gasteiger partial charge in [-0.2, -0.15) is 0 Å². The van der Waals surface area contributed by atoms with Crippen molar-refractivity contribution in [3.63, 3.8) is 0 Å². The van der Waals surface area contributed by atoms with Gasteiger partial charge in [0.05, 0.1) is 17.3 Å². The lowest BCUT2D eigenvalue weighted by atomic mass is 10.1. The summed E-state index contributed by atoms with van der Waals surface area (Å²) in [5.74, 6) is 0.453. The monoisotopic (exact) mass is 256 g/mol. The summed E-state index contributed by atoms with van der Waals surface area (Å²) in [7, 11) is 0. The normalized spacial score (nSPS) is 11.0. The highest BCUT2D eigenvalue weighted by atomic mass is 35.5. The summed E-state index contributed by atoms with van der Waals surface area (Å²) in [4.78, 5) is 4.69. The van der Waals surface area contributed by atoms with E-state index in [2.05, 4.69) is 35.6 Å². The van der Waals surface area contributed by atoms with E-state index >= 15 is 0 Å². The van der Waals surface area contributed by atoms with E-state index in [1.807, 2.05) is 24.4 Å². The lowest BCUT2D eigenvalue weighted by Gasteiger charge is -2.01. The van der Waals surface area contributed by atoms with Gasteiger partial charge in [-0.15, -0.1) is 11.6 Å². The van der Waals surface area contributed by atoms with Gasteiger partial charge in [0.15, 0.2) is 0 Å². The molecule has 0 fully saturated rings. The van der Waals surface area contributed by atoms with Crippen LogP contribution >= 0.6 is 11.6 Å². The van der Waals surface area contributed by atoms with E-state index < -0.39 is 0 Å². The average molecular weight is 257 g/mol. The maximum Gasteiger partial charge on any atom is 0.137 e. The zero-order valence-corrected chi connectivity index (χ0v) is 10.9. The van der Waals surface area contributed by atoms with Crippen molar-refractivity contribution < 1.29 is 0 Å². The van der Waals surface area contributed by atoms with Crippen molar-refractivity contribution >= 4 is 17.2 Å². The number of alkyl halides is 1. The Hall–Kier alpha value is -1.80. The summed E-state index contributed by atoms with van der Waals surface area (Å²) in [6.07, 6.45) is 2.03. The number of aryl methyl sites for hydroxylation is 1. The summed E-state index contributed by atoms with van der Waals surface area (Å²) in [5, 5.41) is 0. The molecular weight excluding hydrogens is 244 g/mol. The second-order valence-electron chi connectivity index (χ2n) is 4.34. The number of fused-ring (bicyclic) bond motifs is 1. The molecule has 18 heavy (non-hydrogen) atoms. The third-order valence-corrected chi connectivity index (χ3v) is 3.31. The molecule has 0 aliphatic rings. The lowest BCUT2D eigenvalue weighted by molar-refractivity contribution is 1.08. The van der Waals surface area contributed by atoms with Crippen molar-refractivity contribution in [3.05, 3.63) is 59.9 Å². The molecule has 3 aromatic rings. The summed E-state index contributed by atoms with van der Waals surface area (Å²) >= 11 is 6.08. The average Bonchev–Trinajstić information content (AvgIpc) is 2.77. The molecule has 3 rings (SSSR count). The molecule has 0 aliphatic carbocycles. The van der Waals surface area contributed by atoms with Crippen LogP contribution in [-0.4, -0.2) is 9.38 Å². The first-order valence-electron chi connectivity index (χ1n) is 5.88. The number of halogens is 1. The molecule has 2 heterocycles. The van der Waals surface area contributed by atoms with E-state index in [1.165, 1.54) is 5.56 Å². The molecule has 0 saturated carbocycles. The summed E-state index contributed by atoms with van der Waals surface area (Å²) in [5.41, 5.74) is 5.27. The molecule has 0 unspecified atom stereocenters. The zero-order chi connectivity index (χ0) is 12.5. The van der Waals surface area contributed by atoms with Crippen molar-refractivity contribution in [1.29, 1.82) is 0 Å². The van der Waals surface area contributed by atoms with Gasteiger partial charge in [0.1, 0.15) is 5.65 Å². The molecule has 0 bridgehead atoms. The maximum absolute atomic E-state index is 6.08. The molecule has 2 nitrogen and oxygen atoms in total. The van der Waals surface area contributed by atoms with E-state index in [9.17, 15) is 0 Å². The van der Waals surface area contributed by atoms with Crippen molar-refractivity contribution in [2.75, 3.05) is 0 Å². The molecule has 3 heteroatoms. The van der Waals surface area contributed by atoms with Gasteiger partial charge in [0.25, 0.3) is 0 Å². The number of imidazole rings is 1. The van der Waals surface area contributed by atoms with Crippen molar-refractivity contribution in [2.24, 2.45) is 0 Å². The van der Waals surface area contributed by atoms with Gasteiger partial charge in [-0.1, -0.05) is 30.3 Å². The Bertz CT molecular complexity index is 686. The first kappa shape index (κ1) is 11.3. The van der Waals surface area contributed by atoms with Crippen LogP contribution in [-0.2, 0) is 5.88 Å². The number of nitrogens with zero attached hydrogens (tertiary/aromatic N) is 2. The molecule has 90 valence electrons. The Morgan fingerprint density at radius 3 is 2.67 bits per heavy atom. The standard InChI is InChI=1S/C15H13ClN2/c1-11-7-8-18-13(10-16)15(17-14(18)9-11)12-5-3-2-4-6-12/h2-9H,10H2,1H3. The van der Waals surface area contributed by atoms with Gasteiger partial charge in [0.2, 0.25) is 0 Å². The molecular formula is C15H13ClN2. The fraction of sp³-hybridized carbons (Fsp3) is 0.133. The molecule has 0 N–H and O–H groups in total. The topological polar surface area (TPSA) is 17.3 Å². The highest BCUT2D eigenvalue weighted by Crippen LogP contribution is 2.25. The summed E-state index contributed by atoms with van der Waals surface area (Å²) < 4.78 is 2.06. The zero-order valence-electron chi connectivity index (χ0n) is 10.1. The van der Waals surface area contributed by atoms with E-state index in [-0.39, 0.29) is 0 Å². The van der Waals surface area contributed by atoms with Crippen LogP contribution in [0.2, 0.25) is 0 Å². The SMILES string of the molecule is Cc1ccn2c(CCl)c(-c3ccccc3)nc2c1. The van der Waals surface area contributed by atoms with Crippen LogP contribution in [0.15, 0.2) is 48.7 Å². The van der Waals surface area contributed by atoms with E-state index in [0.717, 1.165) is 22.6 Å². The Kier molecular flexibility index (Phi) is 2.80. The largest absolute Gasteiger partial charge is 0.302 e. The minimum absolute atomic E-state index is 0.453. The molecule has 0 radical (unpaired) electrons. The number of rotatable bonds is 2. The smallest absolute Gasteiger partial charge is 0.137 e. The Morgan fingerprint density at radius 1 is 1.17 bits per heavy atom. The fourth-order valence-corrected chi connectivity index (χ4v) is 2.41. The third kappa shape index (κ3) is 1.79. The Balaban J connectivity index is 2.29. The minimum atomic E-state index is 0.453. The van der Waals surface area contributed by atoms with E-state index in [0.29, 0.717) is 5.88 Å². The van der Waals surface area contributed by atoms with Crippen molar-refractivity contribution in [3.8, 4) is 11.3 Å². The molecule has 0 amide bonds. The predicted octanol–water partition coefficient (Wildman–Crippen LogP) is 4.05. The van der Waals surface area contributed by atoms with Gasteiger partial charge in [-0.05, 0) is 24.6 Å². The van der Waals surface area contributed by atoms with Crippen LogP contribution in [0.1, 0.15) is 11.3 Å². The number of hydrogen-bond acceptors (Lipinski definition) is 1. The second kappa shape index (κ2) is 4.46. The van der Waals surface area contributed by atoms with Crippen molar-refractivity contribution in [1.82, 2.24) is 9.38 Å². The maximum atomic E-state index is 6.08. The first-order valence-corrected chi connectivity index (χ1v) is 6.42. The summed E-state index contributed by atoms with van der Waals surface area (Å²) in [6.45, 7) is 2.07. The van der Waals surface area contributed by atoms with Crippen LogP contribution in [0.25, 0.3) is 16.9 Å². The molecule has 2 aromatic heterocycles. The first-order chi connectivity index (χ1) is 8.79. The molecule has 0 aliphatic heterocycles.